The van der Waals surface area contributed by atoms with Crippen LogP contribution in [-0.2, 0) is 14.8 Å². The lowest BCUT2D eigenvalue weighted by Gasteiger charge is -2.18. The number of methoxy groups -OCH3 is 1. The molecular weight excluding hydrogens is 230 g/mol. The highest BCUT2D eigenvalue weighted by Crippen LogP contribution is 2.11. The number of nitrogens with one attached hydrogen (secondary N) is 1. The Labute approximate surface area is 95.0 Å². The van der Waals surface area contributed by atoms with Gasteiger partial charge in [0, 0.05) is 20.2 Å². The number of hydrogen-bond donors (Lipinski definition) is 1. The van der Waals surface area contributed by atoms with E-state index in [0.29, 0.717) is 6.61 Å². The minimum Gasteiger partial charge on any atom is -0.383 e. The lowest BCUT2D eigenvalue weighted by molar-refractivity contribution is 0.182. The maximum atomic E-state index is 12.0. The van der Waals surface area contributed by atoms with Crippen LogP contribution in [0.2, 0.25) is 0 Å². The van der Waals surface area contributed by atoms with E-state index in [1.165, 1.54) is 30.0 Å². The molecule has 0 unspecified atom stereocenters. The number of H-pyrrole nitrogens is 1. The van der Waals surface area contributed by atoms with Crippen molar-refractivity contribution >= 4 is 10.0 Å². The molecule has 0 bridgehead atoms. The number of rotatable bonds is 7. The summed E-state index contributed by atoms with van der Waals surface area (Å²) in [6, 6.07) is 0. The number of imidazole rings is 1. The summed E-state index contributed by atoms with van der Waals surface area (Å²) >= 11 is 0. The number of aromatic amines is 1. The highest BCUT2D eigenvalue weighted by Gasteiger charge is 2.24. The SMILES string of the molecule is C=CCN(CCOC)S(=O)(=O)c1cnc[nH]1. The van der Waals surface area contributed by atoms with E-state index in [0.717, 1.165) is 0 Å². The first kappa shape index (κ1) is 12.9. The molecule has 0 saturated heterocycles. The van der Waals surface area contributed by atoms with Gasteiger partial charge < -0.3 is 9.72 Å². The van der Waals surface area contributed by atoms with Crippen LogP contribution in [0.4, 0.5) is 0 Å². The Kier molecular flexibility index (Phi) is 4.66. The molecule has 0 aliphatic rings. The highest BCUT2D eigenvalue weighted by molar-refractivity contribution is 7.89. The average molecular weight is 245 g/mol. The average Bonchev–Trinajstić information content (AvgIpc) is 2.77. The summed E-state index contributed by atoms with van der Waals surface area (Å²) in [4.78, 5) is 6.27. The Hall–Kier alpha value is -1.18. The van der Waals surface area contributed by atoms with Crippen LogP contribution in [0.3, 0.4) is 0 Å². The van der Waals surface area contributed by atoms with Gasteiger partial charge in [-0.1, -0.05) is 6.08 Å². The Bertz CT molecular complexity index is 413. The quantitative estimate of drug-likeness (QED) is 0.698. The normalized spacial score (nSPS) is 11.9. The zero-order valence-corrected chi connectivity index (χ0v) is 9.90. The summed E-state index contributed by atoms with van der Waals surface area (Å²) in [6.07, 6.45) is 4.14. The van der Waals surface area contributed by atoms with Gasteiger partial charge in [0.1, 0.15) is 0 Å². The van der Waals surface area contributed by atoms with Crippen LogP contribution in [0.15, 0.2) is 30.2 Å². The predicted octanol–water partition coefficient (Wildman–Crippen LogP) is 0.233. The van der Waals surface area contributed by atoms with Crippen molar-refractivity contribution in [3.63, 3.8) is 0 Å². The smallest absolute Gasteiger partial charge is 0.260 e. The summed E-state index contributed by atoms with van der Waals surface area (Å²) < 4.78 is 30.2. The molecule has 1 heterocycles. The second kappa shape index (κ2) is 5.78. The maximum absolute atomic E-state index is 12.0. The molecule has 1 aromatic heterocycles. The second-order valence-corrected chi connectivity index (χ2v) is 4.97. The monoisotopic (exact) mass is 245 g/mol. The molecule has 0 aliphatic carbocycles. The zero-order chi connectivity index (χ0) is 12.0. The predicted molar refractivity (Wildman–Crippen MR) is 59.4 cm³/mol. The molecule has 0 amide bonds. The van der Waals surface area contributed by atoms with Gasteiger partial charge in [0.2, 0.25) is 0 Å². The number of aromatic nitrogens is 2. The topological polar surface area (TPSA) is 75.3 Å². The van der Waals surface area contributed by atoms with Crippen molar-refractivity contribution in [2.75, 3.05) is 26.8 Å². The van der Waals surface area contributed by atoms with Crippen molar-refractivity contribution in [3.05, 3.63) is 25.2 Å². The first-order chi connectivity index (χ1) is 7.62. The summed E-state index contributed by atoms with van der Waals surface area (Å²) in [7, 11) is -2.01. The minimum absolute atomic E-state index is 0.0745. The molecule has 1 N–H and O–H groups in total. The van der Waals surface area contributed by atoms with Gasteiger partial charge in [-0.2, -0.15) is 4.31 Å². The van der Waals surface area contributed by atoms with Gasteiger partial charge in [-0.25, -0.2) is 13.4 Å². The van der Waals surface area contributed by atoms with Crippen LogP contribution < -0.4 is 0 Å². The third-order valence-corrected chi connectivity index (χ3v) is 3.76. The van der Waals surface area contributed by atoms with Crippen molar-refractivity contribution in [2.24, 2.45) is 0 Å². The maximum Gasteiger partial charge on any atom is 0.260 e. The fourth-order valence-electron chi connectivity index (χ4n) is 1.17. The molecule has 16 heavy (non-hydrogen) atoms. The first-order valence-corrected chi connectivity index (χ1v) is 6.15. The van der Waals surface area contributed by atoms with Crippen LogP contribution in [0.5, 0.6) is 0 Å². The van der Waals surface area contributed by atoms with Crippen LogP contribution >= 0.6 is 0 Å². The third kappa shape index (κ3) is 2.91. The summed E-state index contributed by atoms with van der Waals surface area (Å²) in [5.41, 5.74) is 0. The molecule has 1 rings (SSSR count). The number of sulfonamides is 1. The fourth-order valence-corrected chi connectivity index (χ4v) is 2.46. The molecule has 0 radical (unpaired) electrons. The zero-order valence-electron chi connectivity index (χ0n) is 9.09. The van der Waals surface area contributed by atoms with Gasteiger partial charge in [-0.3, -0.25) is 0 Å². The molecule has 0 aromatic carbocycles. The van der Waals surface area contributed by atoms with E-state index >= 15 is 0 Å². The van der Waals surface area contributed by atoms with Gasteiger partial charge in [-0.15, -0.1) is 6.58 Å². The summed E-state index contributed by atoms with van der Waals surface area (Å²) in [6.45, 7) is 4.39. The standard InChI is InChI=1S/C9H15N3O3S/c1-3-4-12(5-6-15-2)16(13,14)9-7-10-8-11-9/h3,7-8H,1,4-6H2,2H3,(H,10,11). The molecule has 6 nitrogen and oxygen atoms in total. The molecule has 0 saturated carbocycles. The second-order valence-electron chi connectivity index (χ2n) is 3.06. The van der Waals surface area contributed by atoms with Crippen molar-refractivity contribution < 1.29 is 13.2 Å². The van der Waals surface area contributed by atoms with E-state index in [-0.39, 0.29) is 18.1 Å². The lowest BCUT2D eigenvalue weighted by atomic mass is 10.6. The van der Waals surface area contributed by atoms with Gasteiger partial charge in [0.05, 0.1) is 19.1 Å². The van der Waals surface area contributed by atoms with Gasteiger partial charge in [0.25, 0.3) is 10.0 Å². The molecule has 0 atom stereocenters. The van der Waals surface area contributed by atoms with Crippen LogP contribution in [0, 0.1) is 0 Å². The lowest BCUT2D eigenvalue weighted by Crippen LogP contribution is -2.34. The molecule has 0 spiro atoms. The summed E-state index contributed by atoms with van der Waals surface area (Å²) in [5.74, 6) is 0. The third-order valence-electron chi connectivity index (χ3n) is 1.97. The Morgan fingerprint density at radius 1 is 1.69 bits per heavy atom. The highest BCUT2D eigenvalue weighted by atomic mass is 32.2. The number of ether oxygens (including phenoxy) is 1. The van der Waals surface area contributed by atoms with E-state index in [2.05, 4.69) is 16.5 Å². The summed E-state index contributed by atoms with van der Waals surface area (Å²) in [5, 5.41) is 0.0745. The first-order valence-electron chi connectivity index (χ1n) is 4.71. The Balaban J connectivity index is 2.88. The van der Waals surface area contributed by atoms with E-state index < -0.39 is 10.0 Å². The van der Waals surface area contributed by atoms with Crippen molar-refractivity contribution in [2.45, 2.75) is 5.03 Å². The van der Waals surface area contributed by atoms with E-state index in [9.17, 15) is 8.42 Å². The van der Waals surface area contributed by atoms with E-state index in [1.54, 1.807) is 0 Å². The molecule has 1 aromatic rings. The van der Waals surface area contributed by atoms with E-state index in [4.69, 9.17) is 4.74 Å². The minimum atomic E-state index is -3.53. The molecule has 0 fully saturated rings. The van der Waals surface area contributed by atoms with Crippen LogP contribution in [0.25, 0.3) is 0 Å². The Morgan fingerprint density at radius 3 is 2.94 bits per heavy atom. The van der Waals surface area contributed by atoms with Gasteiger partial charge in [0.15, 0.2) is 5.03 Å². The molecule has 7 heteroatoms. The van der Waals surface area contributed by atoms with E-state index in [1.807, 2.05) is 0 Å². The van der Waals surface area contributed by atoms with Crippen molar-refractivity contribution in [1.82, 2.24) is 14.3 Å². The number of nitrogens with zero attached hydrogens (tertiary/aromatic N) is 2. The van der Waals surface area contributed by atoms with Crippen LogP contribution in [-0.4, -0.2) is 49.5 Å². The number of hydrogen-bond acceptors (Lipinski definition) is 4. The van der Waals surface area contributed by atoms with Crippen molar-refractivity contribution in [3.8, 4) is 0 Å². The van der Waals surface area contributed by atoms with Crippen molar-refractivity contribution in [1.29, 1.82) is 0 Å². The molecule has 0 aliphatic heterocycles. The van der Waals surface area contributed by atoms with Crippen LogP contribution in [0.1, 0.15) is 0 Å². The molecular formula is C9H15N3O3S. The Morgan fingerprint density at radius 2 is 2.44 bits per heavy atom. The van der Waals surface area contributed by atoms with Gasteiger partial charge >= 0.3 is 0 Å². The molecule has 90 valence electrons. The largest absolute Gasteiger partial charge is 0.383 e. The van der Waals surface area contributed by atoms with Gasteiger partial charge in [-0.05, 0) is 0 Å². The fraction of sp³-hybridized carbons (Fsp3) is 0.444.